The summed E-state index contributed by atoms with van der Waals surface area (Å²) >= 11 is 1.60. The van der Waals surface area contributed by atoms with Crippen LogP contribution in [0.25, 0.3) is 4.96 Å². The monoisotopic (exact) mass is 295 g/mol. The normalized spacial score (nSPS) is 23.9. The maximum absolute atomic E-state index is 10.2. The van der Waals surface area contributed by atoms with Gasteiger partial charge in [0.1, 0.15) is 5.69 Å². The van der Waals surface area contributed by atoms with E-state index in [1.165, 1.54) is 12.8 Å². The zero-order valence-electron chi connectivity index (χ0n) is 11.7. The molecule has 2 N–H and O–H groups in total. The van der Waals surface area contributed by atoms with Gasteiger partial charge in [-0.15, -0.1) is 11.3 Å². The molecule has 2 aromatic rings. The summed E-state index contributed by atoms with van der Waals surface area (Å²) in [7, 11) is 1.65. The van der Waals surface area contributed by atoms with E-state index in [1.807, 2.05) is 11.6 Å². The summed E-state index contributed by atoms with van der Waals surface area (Å²) in [6.07, 6.45) is 7.24. The highest BCUT2D eigenvalue weighted by atomic mass is 32.1. The molecule has 1 fully saturated rings. The van der Waals surface area contributed by atoms with Crippen molar-refractivity contribution in [1.82, 2.24) is 14.7 Å². The maximum atomic E-state index is 10.2. The minimum absolute atomic E-state index is 0.173. The standard InChI is InChI=1S/C14H21N3O2S/c1-19-13-11(17-7-8-20-14(17)16-13)9-15-10-5-3-2-4-6-12(10)18/h7-8,10,12,15,18H,2-6,9H2,1H3. The van der Waals surface area contributed by atoms with Gasteiger partial charge in [0.15, 0.2) is 4.96 Å². The van der Waals surface area contributed by atoms with Crippen molar-refractivity contribution in [3.8, 4) is 5.88 Å². The fourth-order valence-electron chi connectivity index (χ4n) is 2.89. The van der Waals surface area contributed by atoms with Crippen LogP contribution in [0.3, 0.4) is 0 Å². The first-order valence-electron chi connectivity index (χ1n) is 7.19. The fourth-order valence-corrected chi connectivity index (χ4v) is 3.62. The zero-order chi connectivity index (χ0) is 13.9. The lowest BCUT2D eigenvalue weighted by Crippen LogP contribution is -2.38. The van der Waals surface area contributed by atoms with Crippen LogP contribution in [0, 0.1) is 0 Å². The van der Waals surface area contributed by atoms with Crippen molar-refractivity contribution in [2.45, 2.75) is 50.8 Å². The largest absolute Gasteiger partial charge is 0.480 e. The van der Waals surface area contributed by atoms with Crippen LogP contribution < -0.4 is 10.1 Å². The molecule has 0 amide bonds. The van der Waals surface area contributed by atoms with E-state index >= 15 is 0 Å². The molecular weight excluding hydrogens is 274 g/mol. The molecule has 6 heteroatoms. The van der Waals surface area contributed by atoms with Gasteiger partial charge in [0.05, 0.1) is 13.2 Å². The minimum Gasteiger partial charge on any atom is -0.480 e. The predicted octanol–water partition coefficient (Wildman–Crippen LogP) is 2.19. The smallest absolute Gasteiger partial charge is 0.237 e. The van der Waals surface area contributed by atoms with Crippen molar-refractivity contribution in [2.75, 3.05) is 7.11 Å². The van der Waals surface area contributed by atoms with E-state index < -0.39 is 0 Å². The third kappa shape index (κ3) is 2.68. The summed E-state index contributed by atoms with van der Waals surface area (Å²) in [6, 6.07) is 0.173. The number of hydrogen-bond acceptors (Lipinski definition) is 5. The number of nitrogens with one attached hydrogen (secondary N) is 1. The molecule has 20 heavy (non-hydrogen) atoms. The van der Waals surface area contributed by atoms with E-state index in [1.54, 1.807) is 18.4 Å². The molecule has 1 aliphatic rings. The Morgan fingerprint density at radius 3 is 3.15 bits per heavy atom. The second-order valence-electron chi connectivity index (χ2n) is 5.32. The topological polar surface area (TPSA) is 58.8 Å². The van der Waals surface area contributed by atoms with Crippen LogP contribution in [0.2, 0.25) is 0 Å². The highest BCUT2D eigenvalue weighted by molar-refractivity contribution is 7.15. The van der Waals surface area contributed by atoms with Gasteiger partial charge in [-0.3, -0.25) is 4.40 Å². The van der Waals surface area contributed by atoms with Crippen LogP contribution in [0.4, 0.5) is 0 Å². The minimum atomic E-state index is -0.241. The fraction of sp³-hybridized carbons (Fsp3) is 0.643. The number of aliphatic hydroxyl groups is 1. The lowest BCUT2D eigenvalue weighted by Gasteiger charge is -2.21. The van der Waals surface area contributed by atoms with Crippen molar-refractivity contribution in [1.29, 1.82) is 0 Å². The Bertz CT molecular complexity index is 566. The quantitative estimate of drug-likeness (QED) is 0.849. The highest BCUT2D eigenvalue weighted by Gasteiger charge is 2.22. The SMILES string of the molecule is COc1nc2sccn2c1CNC1CCCCCC1O. The molecule has 1 aliphatic carbocycles. The van der Waals surface area contributed by atoms with E-state index in [-0.39, 0.29) is 12.1 Å². The molecule has 0 aliphatic heterocycles. The number of rotatable bonds is 4. The van der Waals surface area contributed by atoms with E-state index in [0.29, 0.717) is 12.4 Å². The van der Waals surface area contributed by atoms with Gasteiger partial charge >= 0.3 is 0 Å². The number of imidazole rings is 1. The van der Waals surface area contributed by atoms with Crippen molar-refractivity contribution >= 4 is 16.3 Å². The molecule has 0 spiro atoms. The molecule has 5 nitrogen and oxygen atoms in total. The van der Waals surface area contributed by atoms with Gasteiger partial charge in [0, 0.05) is 24.2 Å². The second-order valence-corrected chi connectivity index (χ2v) is 6.19. The Morgan fingerprint density at radius 1 is 1.45 bits per heavy atom. The number of hydrogen-bond donors (Lipinski definition) is 2. The Labute approximate surface area is 122 Å². The Kier molecular flexibility index (Phi) is 4.24. The van der Waals surface area contributed by atoms with E-state index in [2.05, 4.69) is 14.7 Å². The average Bonchev–Trinajstić information content (AvgIpc) is 2.96. The molecule has 1 saturated carbocycles. The summed E-state index contributed by atoms with van der Waals surface area (Å²) in [5, 5.41) is 15.7. The van der Waals surface area contributed by atoms with Crippen molar-refractivity contribution in [3.05, 3.63) is 17.3 Å². The highest BCUT2D eigenvalue weighted by Crippen LogP contribution is 2.24. The summed E-state index contributed by atoms with van der Waals surface area (Å²) in [5.74, 6) is 0.674. The van der Waals surface area contributed by atoms with Crippen LogP contribution in [-0.4, -0.2) is 33.7 Å². The summed E-state index contributed by atoms with van der Waals surface area (Å²) in [6.45, 7) is 0.669. The molecule has 0 saturated heterocycles. The average molecular weight is 295 g/mol. The molecule has 2 atom stereocenters. The lowest BCUT2D eigenvalue weighted by atomic mass is 10.1. The first kappa shape index (κ1) is 13.9. The van der Waals surface area contributed by atoms with E-state index in [0.717, 1.165) is 29.9 Å². The number of fused-ring (bicyclic) bond motifs is 1. The lowest BCUT2D eigenvalue weighted by molar-refractivity contribution is 0.119. The second kappa shape index (κ2) is 6.11. The Morgan fingerprint density at radius 2 is 2.30 bits per heavy atom. The van der Waals surface area contributed by atoms with Gasteiger partial charge in [-0.25, -0.2) is 0 Å². The van der Waals surface area contributed by atoms with E-state index in [4.69, 9.17) is 4.74 Å². The Hall–Kier alpha value is -1.11. The number of nitrogens with zero attached hydrogens (tertiary/aromatic N) is 2. The first-order valence-corrected chi connectivity index (χ1v) is 8.07. The third-order valence-electron chi connectivity index (χ3n) is 4.03. The maximum Gasteiger partial charge on any atom is 0.237 e. The summed E-state index contributed by atoms with van der Waals surface area (Å²) < 4.78 is 7.41. The molecule has 0 radical (unpaired) electrons. The third-order valence-corrected chi connectivity index (χ3v) is 4.79. The van der Waals surface area contributed by atoms with Crippen LogP contribution in [0.5, 0.6) is 5.88 Å². The summed E-state index contributed by atoms with van der Waals surface area (Å²) in [5.41, 5.74) is 1.03. The van der Waals surface area contributed by atoms with Gasteiger partial charge < -0.3 is 15.2 Å². The zero-order valence-corrected chi connectivity index (χ0v) is 12.5. The predicted molar refractivity (Wildman–Crippen MR) is 79.3 cm³/mol. The molecule has 0 aromatic carbocycles. The molecule has 2 unspecified atom stereocenters. The molecular formula is C14H21N3O2S. The van der Waals surface area contributed by atoms with Crippen molar-refractivity contribution in [3.63, 3.8) is 0 Å². The van der Waals surface area contributed by atoms with Crippen molar-refractivity contribution < 1.29 is 9.84 Å². The summed E-state index contributed by atoms with van der Waals surface area (Å²) in [4.78, 5) is 5.39. The number of ether oxygens (including phenoxy) is 1. The van der Waals surface area contributed by atoms with Gasteiger partial charge in [-0.1, -0.05) is 19.3 Å². The van der Waals surface area contributed by atoms with Crippen LogP contribution in [0.1, 0.15) is 37.8 Å². The molecule has 3 rings (SSSR count). The number of methoxy groups -OCH3 is 1. The van der Waals surface area contributed by atoms with Gasteiger partial charge in [0.2, 0.25) is 5.88 Å². The Balaban J connectivity index is 1.73. The van der Waals surface area contributed by atoms with Crippen LogP contribution in [0.15, 0.2) is 11.6 Å². The van der Waals surface area contributed by atoms with Gasteiger partial charge in [-0.05, 0) is 12.8 Å². The van der Waals surface area contributed by atoms with Crippen LogP contribution in [-0.2, 0) is 6.54 Å². The first-order chi connectivity index (χ1) is 9.79. The van der Waals surface area contributed by atoms with E-state index in [9.17, 15) is 5.11 Å². The molecule has 2 aromatic heterocycles. The number of aromatic nitrogens is 2. The molecule has 2 heterocycles. The number of thiazole rings is 1. The van der Waals surface area contributed by atoms with Gasteiger partial charge in [-0.2, -0.15) is 4.98 Å². The van der Waals surface area contributed by atoms with Gasteiger partial charge in [0.25, 0.3) is 0 Å². The molecule has 110 valence electrons. The number of aliphatic hydroxyl groups excluding tert-OH is 1. The van der Waals surface area contributed by atoms with Crippen LogP contribution >= 0.6 is 11.3 Å². The van der Waals surface area contributed by atoms with Crippen molar-refractivity contribution in [2.24, 2.45) is 0 Å². The molecule has 0 bridgehead atoms.